The zero-order chi connectivity index (χ0) is 17.1. The quantitative estimate of drug-likeness (QED) is 0.439. The lowest BCUT2D eigenvalue weighted by molar-refractivity contribution is 0.466. The van der Waals surface area contributed by atoms with Gasteiger partial charge in [-0.1, -0.05) is 29.4 Å². The van der Waals surface area contributed by atoms with Crippen molar-refractivity contribution < 1.29 is 4.42 Å². The van der Waals surface area contributed by atoms with Gasteiger partial charge in [0.25, 0.3) is 5.22 Å². The summed E-state index contributed by atoms with van der Waals surface area (Å²) in [5, 5.41) is 12.3. The second-order valence-corrected chi connectivity index (χ2v) is 7.25. The molecule has 0 bridgehead atoms. The molecule has 0 saturated carbocycles. The second-order valence-electron chi connectivity index (χ2n) is 5.03. The number of rotatable bonds is 5. The molecule has 5 nitrogen and oxygen atoms in total. The number of hydrogen-bond donors (Lipinski definition) is 0. The van der Waals surface area contributed by atoms with Crippen molar-refractivity contribution in [2.75, 3.05) is 0 Å². The average Bonchev–Trinajstić information content (AvgIpc) is 3.31. The van der Waals surface area contributed by atoms with Crippen LogP contribution in [-0.4, -0.2) is 20.2 Å². The van der Waals surface area contributed by atoms with Crippen LogP contribution in [0.2, 0.25) is 5.02 Å². The SMILES string of the molecule is Clc1ccc(-c2nnc(SCc3csc(-c4ccccn4)n3)o2)cc1. The lowest BCUT2D eigenvalue weighted by atomic mass is 10.2. The molecule has 0 atom stereocenters. The van der Waals surface area contributed by atoms with Gasteiger partial charge in [0, 0.05) is 27.9 Å². The van der Waals surface area contributed by atoms with Crippen LogP contribution in [0.1, 0.15) is 5.69 Å². The molecule has 0 aliphatic rings. The third kappa shape index (κ3) is 3.89. The predicted molar refractivity (Wildman–Crippen MR) is 99.6 cm³/mol. The number of halogens is 1. The number of thioether (sulfide) groups is 1. The summed E-state index contributed by atoms with van der Waals surface area (Å²) in [6.45, 7) is 0. The zero-order valence-electron chi connectivity index (χ0n) is 12.8. The van der Waals surface area contributed by atoms with Gasteiger partial charge in [0.1, 0.15) is 5.01 Å². The fraction of sp³-hybridized carbons (Fsp3) is 0.0588. The van der Waals surface area contributed by atoms with Gasteiger partial charge in [0.2, 0.25) is 5.89 Å². The molecule has 0 aliphatic heterocycles. The fourth-order valence-electron chi connectivity index (χ4n) is 2.09. The lowest BCUT2D eigenvalue weighted by Gasteiger charge is -1.95. The topological polar surface area (TPSA) is 64.7 Å². The molecular weight excluding hydrogens is 376 g/mol. The van der Waals surface area contributed by atoms with Crippen LogP contribution in [0.4, 0.5) is 0 Å². The fourth-order valence-corrected chi connectivity index (χ4v) is 3.78. The van der Waals surface area contributed by atoms with Crippen LogP contribution in [0, 0.1) is 0 Å². The van der Waals surface area contributed by atoms with Crippen LogP contribution in [0.5, 0.6) is 0 Å². The Morgan fingerprint density at radius 2 is 1.96 bits per heavy atom. The Morgan fingerprint density at radius 3 is 2.76 bits per heavy atom. The van der Waals surface area contributed by atoms with E-state index in [1.165, 1.54) is 11.8 Å². The lowest BCUT2D eigenvalue weighted by Crippen LogP contribution is -1.84. The highest BCUT2D eigenvalue weighted by atomic mass is 35.5. The molecule has 1 aromatic carbocycles. The minimum atomic E-state index is 0.478. The van der Waals surface area contributed by atoms with Gasteiger partial charge in [-0.15, -0.1) is 21.5 Å². The molecule has 3 aromatic heterocycles. The van der Waals surface area contributed by atoms with Crippen molar-refractivity contribution in [3.63, 3.8) is 0 Å². The van der Waals surface area contributed by atoms with E-state index in [2.05, 4.69) is 20.2 Å². The monoisotopic (exact) mass is 386 g/mol. The number of pyridine rings is 1. The number of hydrogen-bond acceptors (Lipinski definition) is 7. The van der Waals surface area contributed by atoms with E-state index in [0.29, 0.717) is 21.9 Å². The standard InChI is InChI=1S/C17H11ClN4OS2/c18-12-6-4-11(5-7-12)15-21-22-17(23-15)25-10-13-9-24-16(20-13)14-3-1-2-8-19-14/h1-9H,10H2. The Hall–Kier alpha value is -2.22. The number of benzene rings is 1. The van der Waals surface area contributed by atoms with E-state index >= 15 is 0 Å². The largest absolute Gasteiger partial charge is 0.411 e. The van der Waals surface area contributed by atoms with Crippen molar-refractivity contribution in [3.8, 4) is 22.2 Å². The van der Waals surface area contributed by atoms with E-state index in [1.807, 2.05) is 35.7 Å². The van der Waals surface area contributed by atoms with E-state index in [4.69, 9.17) is 16.0 Å². The first kappa shape index (κ1) is 16.3. The molecule has 0 radical (unpaired) electrons. The summed E-state index contributed by atoms with van der Waals surface area (Å²) in [6.07, 6.45) is 1.77. The van der Waals surface area contributed by atoms with Crippen molar-refractivity contribution in [2.24, 2.45) is 0 Å². The summed E-state index contributed by atoms with van der Waals surface area (Å²) in [5.74, 6) is 1.14. The minimum absolute atomic E-state index is 0.478. The molecule has 0 fully saturated rings. The molecule has 4 rings (SSSR count). The zero-order valence-corrected chi connectivity index (χ0v) is 15.2. The molecular formula is C17H11ClN4OS2. The molecule has 25 heavy (non-hydrogen) atoms. The van der Waals surface area contributed by atoms with Crippen molar-refractivity contribution in [2.45, 2.75) is 11.0 Å². The highest BCUT2D eigenvalue weighted by molar-refractivity contribution is 7.98. The van der Waals surface area contributed by atoms with Crippen LogP contribution in [0.15, 0.2) is 63.7 Å². The van der Waals surface area contributed by atoms with Crippen molar-refractivity contribution in [1.82, 2.24) is 20.2 Å². The van der Waals surface area contributed by atoms with Gasteiger partial charge in [-0.25, -0.2) is 4.98 Å². The smallest absolute Gasteiger partial charge is 0.277 e. The molecule has 0 saturated heterocycles. The Labute approximate surface area is 157 Å². The molecule has 0 aliphatic carbocycles. The van der Waals surface area contributed by atoms with Crippen molar-refractivity contribution >= 4 is 34.7 Å². The molecule has 4 aromatic rings. The first-order chi connectivity index (χ1) is 12.3. The van der Waals surface area contributed by atoms with Crippen LogP contribution >= 0.6 is 34.7 Å². The Bertz CT molecular complexity index is 970. The van der Waals surface area contributed by atoms with Gasteiger partial charge in [-0.2, -0.15) is 0 Å². The Morgan fingerprint density at radius 1 is 1.08 bits per heavy atom. The molecule has 124 valence electrons. The second kappa shape index (κ2) is 7.35. The average molecular weight is 387 g/mol. The first-order valence-corrected chi connectivity index (χ1v) is 9.60. The number of aromatic nitrogens is 4. The van der Waals surface area contributed by atoms with Gasteiger partial charge in [0.05, 0.1) is 11.4 Å². The summed E-state index contributed by atoms with van der Waals surface area (Å²) in [6, 6.07) is 13.1. The molecule has 0 N–H and O–H groups in total. The highest BCUT2D eigenvalue weighted by Gasteiger charge is 2.11. The first-order valence-electron chi connectivity index (χ1n) is 7.36. The van der Waals surface area contributed by atoms with Crippen molar-refractivity contribution in [3.05, 3.63) is 64.8 Å². The van der Waals surface area contributed by atoms with E-state index < -0.39 is 0 Å². The normalized spacial score (nSPS) is 10.9. The van der Waals surface area contributed by atoms with Crippen molar-refractivity contribution in [1.29, 1.82) is 0 Å². The van der Waals surface area contributed by atoms with E-state index in [-0.39, 0.29) is 0 Å². The molecule has 8 heteroatoms. The van der Waals surface area contributed by atoms with Gasteiger partial charge in [0.15, 0.2) is 0 Å². The summed E-state index contributed by atoms with van der Waals surface area (Å²) < 4.78 is 5.68. The Balaban J connectivity index is 1.42. The third-order valence-corrected chi connectivity index (χ3v) is 5.29. The maximum Gasteiger partial charge on any atom is 0.277 e. The molecule has 0 spiro atoms. The Kier molecular flexibility index (Phi) is 4.78. The van der Waals surface area contributed by atoms with Gasteiger partial charge in [-0.3, -0.25) is 4.98 Å². The molecule has 3 heterocycles. The van der Waals surface area contributed by atoms with Crippen LogP contribution in [-0.2, 0) is 5.75 Å². The number of thiazole rings is 1. The van der Waals surface area contributed by atoms with Gasteiger partial charge in [-0.05, 0) is 36.4 Å². The maximum absolute atomic E-state index is 5.89. The maximum atomic E-state index is 5.89. The molecule has 0 amide bonds. The van der Waals surface area contributed by atoms with Crippen LogP contribution < -0.4 is 0 Å². The van der Waals surface area contributed by atoms with Crippen LogP contribution in [0.3, 0.4) is 0 Å². The van der Waals surface area contributed by atoms with E-state index in [1.54, 1.807) is 29.7 Å². The number of nitrogens with zero attached hydrogens (tertiary/aromatic N) is 4. The summed E-state index contributed by atoms with van der Waals surface area (Å²) in [4.78, 5) is 8.92. The summed E-state index contributed by atoms with van der Waals surface area (Å²) in [5.41, 5.74) is 2.68. The van der Waals surface area contributed by atoms with E-state index in [0.717, 1.165) is 22.0 Å². The predicted octanol–water partition coefficient (Wildman–Crippen LogP) is 5.20. The minimum Gasteiger partial charge on any atom is -0.411 e. The van der Waals surface area contributed by atoms with Crippen LogP contribution in [0.25, 0.3) is 22.2 Å². The summed E-state index contributed by atoms with van der Waals surface area (Å²) in [7, 11) is 0. The van der Waals surface area contributed by atoms with Gasteiger partial charge >= 0.3 is 0 Å². The van der Waals surface area contributed by atoms with Gasteiger partial charge < -0.3 is 4.42 Å². The third-order valence-electron chi connectivity index (χ3n) is 3.28. The summed E-state index contributed by atoms with van der Waals surface area (Å²) >= 11 is 8.92. The van der Waals surface area contributed by atoms with E-state index in [9.17, 15) is 0 Å². The highest BCUT2D eigenvalue weighted by Crippen LogP contribution is 2.28. The molecule has 0 unspecified atom stereocenters.